The first-order valence-corrected chi connectivity index (χ1v) is 12.1. The number of hydrogen-bond donors (Lipinski definition) is 2. The molecule has 0 spiro atoms. The molecule has 0 atom stereocenters. The van der Waals surface area contributed by atoms with Gasteiger partial charge in [0.25, 0.3) is 10.0 Å². The van der Waals surface area contributed by atoms with Gasteiger partial charge in [-0.1, -0.05) is 91.0 Å². The van der Waals surface area contributed by atoms with E-state index in [4.69, 9.17) is 0 Å². The summed E-state index contributed by atoms with van der Waals surface area (Å²) < 4.78 is 27.6. The maximum Gasteiger partial charge on any atom is 0.329 e. The molecule has 0 aliphatic rings. The van der Waals surface area contributed by atoms with Gasteiger partial charge in [-0.3, -0.25) is 4.79 Å². The van der Waals surface area contributed by atoms with Crippen LogP contribution in [-0.4, -0.2) is 20.2 Å². The summed E-state index contributed by atoms with van der Waals surface area (Å²) in [5.74, 6) is -0.219. The van der Waals surface area contributed by atoms with E-state index in [1.54, 1.807) is 24.3 Å². The molecule has 4 rings (SSSR count). The van der Waals surface area contributed by atoms with Crippen molar-refractivity contribution in [1.82, 2.24) is 10.0 Å². The van der Waals surface area contributed by atoms with E-state index in [9.17, 15) is 18.0 Å². The molecule has 7 heteroatoms. The minimum absolute atomic E-state index is 0.122. The molecule has 0 aliphatic heterocycles. The van der Waals surface area contributed by atoms with E-state index in [0.29, 0.717) is 11.1 Å². The van der Waals surface area contributed by atoms with E-state index >= 15 is 0 Å². The predicted molar refractivity (Wildman–Crippen MR) is 130 cm³/mol. The molecule has 0 bridgehead atoms. The zero-order valence-corrected chi connectivity index (χ0v) is 18.9. The number of benzene rings is 4. The van der Waals surface area contributed by atoms with E-state index in [0.717, 1.165) is 11.1 Å². The Balaban J connectivity index is 1.50. The third-order valence-electron chi connectivity index (χ3n) is 5.23. The first-order chi connectivity index (χ1) is 16.4. The van der Waals surface area contributed by atoms with Gasteiger partial charge in [0.15, 0.2) is 5.78 Å². The van der Waals surface area contributed by atoms with Crippen molar-refractivity contribution in [3.05, 3.63) is 138 Å². The topological polar surface area (TPSA) is 92.3 Å². The van der Waals surface area contributed by atoms with Crippen LogP contribution in [0.1, 0.15) is 33.1 Å². The van der Waals surface area contributed by atoms with E-state index in [2.05, 4.69) is 10.0 Å². The van der Waals surface area contributed by atoms with Gasteiger partial charge in [-0.25, -0.2) is 17.9 Å². The highest BCUT2D eigenvalue weighted by molar-refractivity contribution is 7.90. The van der Waals surface area contributed by atoms with E-state index in [1.807, 2.05) is 66.7 Å². The second-order valence-electron chi connectivity index (χ2n) is 7.55. The largest absolute Gasteiger partial charge is 0.329 e. The summed E-state index contributed by atoms with van der Waals surface area (Å²) in [6, 6.07) is 31.3. The normalized spacial score (nSPS) is 11.1. The summed E-state index contributed by atoms with van der Waals surface area (Å²) in [5.41, 5.74) is 2.47. The fraction of sp³-hybridized carbons (Fsp3) is 0.0370. The lowest BCUT2D eigenvalue weighted by Gasteiger charge is -2.20. The second kappa shape index (κ2) is 10.1. The van der Waals surface area contributed by atoms with Crippen LogP contribution in [0.25, 0.3) is 0 Å². The Morgan fingerprint density at radius 2 is 1.03 bits per heavy atom. The summed E-state index contributed by atoms with van der Waals surface area (Å²) in [7, 11) is -4.15. The van der Waals surface area contributed by atoms with Crippen LogP contribution in [0.5, 0.6) is 0 Å². The third-order valence-corrected chi connectivity index (χ3v) is 6.58. The van der Waals surface area contributed by atoms with Gasteiger partial charge in [-0.05, 0) is 35.4 Å². The number of nitrogens with one attached hydrogen (secondary N) is 2. The minimum Gasteiger partial charge on any atom is -0.326 e. The molecule has 0 unspecified atom stereocenters. The number of rotatable bonds is 7. The Bertz CT molecular complexity index is 1330. The van der Waals surface area contributed by atoms with Crippen LogP contribution < -0.4 is 10.0 Å². The van der Waals surface area contributed by atoms with Gasteiger partial charge in [0.2, 0.25) is 0 Å². The van der Waals surface area contributed by atoms with Crippen molar-refractivity contribution < 1.29 is 18.0 Å². The highest BCUT2D eigenvalue weighted by Gasteiger charge is 2.22. The molecular formula is C27H22N2O4S. The third kappa shape index (κ3) is 5.39. The highest BCUT2D eigenvalue weighted by atomic mass is 32.2. The van der Waals surface area contributed by atoms with Crippen molar-refractivity contribution in [2.45, 2.75) is 10.9 Å². The quantitative estimate of drug-likeness (QED) is 0.383. The molecule has 0 aromatic heterocycles. The van der Waals surface area contributed by atoms with Crippen molar-refractivity contribution >= 4 is 21.8 Å². The Morgan fingerprint density at radius 3 is 1.53 bits per heavy atom. The van der Waals surface area contributed by atoms with Crippen molar-refractivity contribution in [2.24, 2.45) is 0 Å². The van der Waals surface area contributed by atoms with Crippen molar-refractivity contribution in [2.75, 3.05) is 0 Å². The van der Waals surface area contributed by atoms with Crippen LogP contribution in [0.3, 0.4) is 0 Å². The van der Waals surface area contributed by atoms with Gasteiger partial charge >= 0.3 is 6.03 Å². The standard InChI is InChI=1S/C27H22N2O4S/c30-26(22-14-8-3-9-15-22)23-16-18-24(19-17-23)34(32,33)29-27(31)28-25(20-10-4-1-5-11-20)21-12-6-2-7-13-21/h1-19,25H,(H2,28,29,31). The smallest absolute Gasteiger partial charge is 0.326 e. The number of carbonyl (C=O) groups is 2. The Hall–Kier alpha value is -4.23. The summed E-state index contributed by atoms with van der Waals surface area (Å²) >= 11 is 0. The van der Waals surface area contributed by atoms with Crippen molar-refractivity contribution in [3.8, 4) is 0 Å². The van der Waals surface area contributed by atoms with E-state index < -0.39 is 22.1 Å². The molecule has 0 fully saturated rings. The maximum absolute atomic E-state index is 12.8. The van der Waals surface area contributed by atoms with Gasteiger partial charge in [-0.2, -0.15) is 0 Å². The number of amides is 2. The molecule has 2 amide bonds. The van der Waals surface area contributed by atoms with Crippen molar-refractivity contribution in [1.29, 1.82) is 0 Å². The highest BCUT2D eigenvalue weighted by Crippen LogP contribution is 2.22. The monoisotopic (exact) mass is 470 g/mol. The Labute approximate surface area is 198 Å². The van der Waals surface area contributed by atoms with Gasteiger partial charge in [0.1, 0.15) is 0 Å². The average Bonchev–Trinajstić information content (AvgIpc) is 2.88. The maximum atomic E-state index is 12.8. The Kier molecular flexibility index (Phi) is 6.85. The van der Waals surface area contributed by atoms with E-state index in [-0.39, 0.29) is 10.7 Å². The molecule has 4 aromatic carbocycles. The molecule has 0 radical (unpaired) electrons. The lowest BCUT2D eigenvalue weighted by atomic mass is 9.99. The first-order valence-electron chi connectivity index (χ1n) is 10.6. The van der Waals surface area contributed by atoms with Gasteiger partial charge in [0, 0.05) is 11.1 Å². The van der Waals surface area contributed by atoms with Gasteiger partial charge in [-0.15, -0.1) is 0 Å². The molecule has 6 nitrogen and oxygen atoms in total. The summed E-state index contributed by atoms with van der Waals surface area (Å²) in [5, 5.41) is 2.74. The number of carbonyl (C=O) groups excluding carboxylic acids is 2. The molecule has 2 N–H and O–H groups in total. The number of hydrogen-bond acceptors (Lipinski definition) is 4. The summed E-state index contributed by atoms with van der Waals surface area (Å²) in [6.07, 6.45) is 0. The van der Waals surface area contributed by atoms with Crippen molar-refractivity contribution in [3.63, 3.8) is 0 Å². The molecule has 0 saturated heterocycles. The van der Waals surface area contributed by atoms with Gasteiger partial charge < -0.3 is 5.32 Å². The molecular weight excluding hydrogens is 448 g/mol. The van der Waals surface area contributed by atoms with Crippen LogP contribution in [0, 0.1) is 0 Å². The van der Waals surface area contributed by atoms with Gasteiger partial charge in [0.05, 0.1) is 10.9 Å². The second-order valence-corrected chi connectivity index (χ2v) is 9.24. The Morgan fingerprint density at radius 1 is 0.588 bits per heavy atom. The summed E-state index contributed by atoms with van der Waals surface area (Å²) in [6.45, 7) is 0. The lowest BCUT2D eigenvalue weighted by Crippen LogP contribution is -2.41. The fourth-order valence-corrected chi connectivity index (χ4v) is 4.45. The van der Waals surface area contributed by atoms with Crippen LogP contribution in [-0.2, 0) is 10.0 Å². The fourth-order valence-electron chi connectivity index (χ4n) is 3.53. The molecule has 0 heterocycles. The van der Waals surface area contributed by atoms with Crippen LogP contribution in [0.2, 0.25) is 0 Å². The molecule has 4 aromatic rings. The first kappa shape index (κ1) is 22.9. The number of ketones is 1. The zero-order chi connectivity index (χ0) is 24.0. The van der Waals surface area contributed by atoms with Crippen LogP contribution in [0.15, 0.2) is 120 Å². The zero-order valence-electron chi connectivity index (χ0n) is 18.1. The van der Waals surface area contributed by atoms with Crippen LogP contribution >= 0.6 is 0 Å². The van der Waals surface area contributed by atoms with E-state index in [1.165, 1.54) is 24.3 Å². The molecule has 0 aliphatic carbocycles. The lowest BCUT2D eigenvalue weighted by molar-refractivity contribution is 0.103. The molecule has 0 saturated carbocycles. The molecule has 170 valence electrons. The minimum atomic E-state index is -4.15. The SMILES string of the molecule is O=C(NC(c1ccccc1)c1ccccc1)NS(=O)(=O)c1ccc(C(=O)c2ccccc2)cc1. The summed E-state index contributed by atoms with van der Waals surface area (Å²) in [4.78, 5) is 25.1. The van der Waals surface area contributed by atoms with Crippen LogP contribution in [0.4, 0.5) is 4.79 Å². The predicted octanol–water partition coefficient (Wildman–Crippen LogP) is 4.70. The molecule has 34 heavy (non-hydrogen) atoms. The average molecular weight is 471 g/mol. The number of urea groups is 1. The number of sulfonamides is 1.